The quantitative estimate of drug-likeness (QED) is 0.838. The minimum Gasteiger partial charge on any atom is -0.322 e. The van der Waals surface area contributed by atoms with E-state index in [0.717, 1.165) is 4.88 Å². The van der Waals surface area contributed by atoms with Crippen LogP contribution in [0.2, 0.25) is 5.02 Å². The van der Waals surface area contributed by atoms with Crippen molar-refractivity contribution in [2.75, 3.05) is 11.9 Å². The maximum absolute atomic E-state index is 13.3. The SMILES string of the molecule is NCC#Cc1cc(C(=O)Nc2ccc(Cl)c(F)c2)cs1. The number of amides is 1. The third kappa shape index (κ3) is 3.58. The van der Waals surface area contributed by atoms with Crippen LogP contribution in [-0.2, 0) is 0 Å². The zero-order valence-electron chi connectivity index (χ0n) is 10.2. The fourth-order valence-electron chi connectivity index (χ4n) is 1.44. The van der Waals surface area contributed by atoms with Crippen molar-refractivity contribution in [2.45, 2.75) is 0 Å². The normalized spacial score (nSPS) is 9.75. The Morgan fingerprint density at radius 3 is 2.95 bits per heavy atom. The predicted molar refractivity (Wildman–Crippen MR) is 79.6 cm³/mol. The van der Waals surface area contributed by atoms with Gasteiger partial charge >= 0.3 is 0 Å². The minimum absolute atomic E-state index is 0.0119. The van der Waals surface area contributed by atoms with Crippen molar-refractivity contribution in [2.24, 2.45) is 5.73 Å². The van der Waals surface area contributed by atoms with Gasteiger partial charge in [-0.25, -0.2) is 4.39 Å². The molecule has 3 nitrogen and oxygen atoms in total. The van der Waals surface area contributed by atoms with Crippen LogP contribution in [0.15, 0.2) is 29.6 Å². The van der Waals surface area contributed by atoms with Crippen LogP contribution in [0.25, 0.3) is 0 Å². The maximum Gasteiger partial charge on any atom is 0.256 e. The predicted octanol–water partition coefficient (Wildman–Crippen LogP) is 3.10. The summed E-state index contributed by atoms with van der Waals surface area (Å²) in [7, 11) is 0. The van der Waals surface area contributed by atoms with E-state index in [2.05, 4.69) is 17.2 Å². The second-order valence-corrected chi connectivity index (χ2v) is 5.11. The number of thiophene rings is 1. The molecule has 0 aliphatic heterocycles. The van der Waals surface area contributed by atoms with Crippen molar-refractivity contribution >= 4 is 34.5 Å². The lowest BCUT2D eigenvalue weighted by Gasteiger charge is -2.04. The molecule has 0 unspecified atom stereocenters. The molecule has 0 spiro atoms. The highest BCUT2D eigenvalue weighted by Gasteiger charge is 2.09. The lowest BCUT2D eigenvalue weighted by atomic mass is 10.2. The van der Waals surface area contributed by atoms with Gasteiger partial charge in [-0.3, -0.25) is 4.79 Å². The van der Waals surface area contributed by atoms with Gasteiger partial charge in [0.05, 0.1) is 22.0 Å². The highest BCUT2D eigenvalue weighted by molar-refractivity contribution is 7.10. The second kappa shape index (κ2) is 6.53. The molecule has 1 aromatic carbocycles. The lowest BCUT2D eigenvalue weighted by molar-refractivity contribution is 0.102. The summed E-state index contributed by atoms with van der Waals surface area (Å²) in [6, 6.07) is 5.75. The Hall–Kier alpha value is -1.87. The highest BCUT2D eigenvalue weighted by Crippen LogP contribution is 2.20. The molecule has 0 saturated heterocycles. The first-order chi connectivity index (χ1) is 9.60. The average molecular weight is 309 g/mol. The molecule has 3 N–H and O–H groups in total. The number of hydrogen-bond acceptors (Lipinski definition) is 3. The smallest absolute Gasteiger partial charge is 0.256 e. The van der Waals surface area contributed by atoms with Crippen LogP contribution < -0.4 is 11.1 Å². The van der Waals surface area contributed by atoms with Crippen molar-refractivity contribution in [3.05, 3.63) is 50.9 Å². The summed E-state index contributed by atoms with van der Waals surface area (Å²) in [6.45, 7) is 0.267. The molecule has 1 heterocycles. The van der Waals surface area contributed by atoms with E-state index in [1.165, 1.54) is 29.5 Å². The average Bonchev–Trinajstić information content (AvgIpc) is 2.89. The molecule has 0 aliphatic rings. The molecule has 1 aromatic heterocycles. The maximum atomic E-state index is 13.3. The number of carbonyl (C=O) groups is 1. The first kappa shape index (κ1) is 14.5. The fourth-order valence-corrected chi connectivity index (χ4v) is 2.31. The number of rotatable bonds is 2. The molecule has 0 bridgehead atoms. The summed E-state index contributed by atoms with van der Waals surface area (Å²) in [5, 5.41) is 4.29. The van der Waals surface area contributed by atoms with E-state index in [0.29, 0.717) is 11.3 Å². The Morgan fingerprint density at radius 1 is 1.45 bits per heavy atom. The first-order valence-corrected chi connectivity index (χ1v) is 6.90. The Bertz CT molecular complexity index is 703. The van der Waals surface area contributed by atoms with Gasteiger partial charge in [0.15, 0.2) is 0 Å². The van der Waals surface area contributed by atoms with Crippen LogP contribution in [0.3, 0.4) is 0 Å². The van der Waals surface area contributed by atoms with Crippen molar-refractivity contribution in [3.8, 4) is 11.8 Å². The molecule has 20 heavy (non-hydrogen) atoms. The Kier molecular flexibility index (Phi) is 4.74. The van der Waals surface area contributed by atoms with Crippen LogP contribution in [0, 0.1) is 17.7 Å². The second-order valence-electron chi connectivity index (χ2n) is 3.79. The summed E-state index contributed by atoms with van der Waals surface area (Å²) in [5.74, 6) is 4.65. The molecule has 102 valence electrons. The van der Waals surface area contributed by atoms with E-state index in [1.807, 2.05) is 0 Å². The first-order valence-electron chi connectivity index (χ1n) is 5.64. The van der Waals surface area contributed by atoms with Crippen LogP contribution in [0.1, 0.15) is 15.2 Å². The zero-order valence-corrected chi connectivity index (χ0v) is 11.8. The third-order valence-electron chi connectivity index (χ3n) is 2.35. The molecule has 2 aromatic rings. The van der Waals surface area contributed by atoms with E-state index in [9.17, 15) is 9.18 Å². The number of anilines is 1. The molecule has 1 amide bonds. The Morgan fingerprint density at radius 2 is 2.25 bits per heavy atom. The molecule has 6 heteroatoms. The molecule has 0 fully saturated rings. The third-order valence-corrected chi connectivity index (χ3v) is 3.50. The number of carbonyl (C=O) groups excluding carboxylic acids is 1. The summed E-state index contributed by atoms with van der Waals surface area (Å²) in [4.78, 5) is 12.7. The van der Waals surface area contributed by atoms with Crippen molar-refractivity contribution in [1.82, 2.24) is 0 Å². The van der Waals surface area contributed by atoms with Crippen molar-refractivity contribution in [1.29, 1.82) is 0 Å². The van der Waals surface area contributed by atoms with Gasteiger partial charge in [-0.05, 0) is 24.3 Å². The Labute approximate surface area is 124 Å². The van der Waals surface area contributed by atoms with E-state index in [1.54, 1.807) is 11.4 Å². The topological polar surface area (TPSA) is 55.1 Å². The van der Waals surface area contributed by atoms with Gasteiger partial charge in [0.1, 0.15) is 5.82 Å². The van der Waals surface area contributed by atoms with Gasteiger partial charge < -0.3 is 11.1 Å². The number of nitrogens with one attached hydrogen (secondary N) is 1. The van der Waals surface area contributed by atoms with E-state index in [-0.39, 0.29) is 17.5 Å². The van der Waals surface area contributed by atoms with Crippen molar-refractivity contribution in [3.63, 3.8) is 0 Å². The number of benzene rings is 1. The standard InChI is InChI=1S/C14H10ClFN2OS/c15-12-4-3-10(7-13(12)16)18-14(19)9-6-11(20-8-9)2-1-5-17/h3-4,6-8H,5,17H2,(H,18,19). The molecule has 0 atom stereocenters. The molecular weight excluding hydrogens is 299 g/mol. The van der Waals surface area contributed by atoms with Gasteiger partial charge in [-0.2, -0.15) is 0 Å². The Balaban J connectivity index is 2.11. The number of nitrogens with two attached hydrogens (primary N) is 1. The van der Waals surface area contributed by atoms with E-state index >= 15 is 0 Å². The van der Waals surface area contributed by atoms with Gasteiger partial charge in [0.2, 0.25) is 0 Å². The lowest BCUT2D eigenvalue weighted by Crippen LogP contribution is -2.10. The summed E-state index contributed by atoms with van der Waals surface area (Å²) in [6.07, 6.45) is 0. The number of hydrogen-bond donors (Lipinski definition) is 2. The van der Waals surface area contributed by atoms with E-state index < -0.39 is 5.82 Å². The summed E-state index contributed by atoms with van der Waals surface area (Å²) >= 11 is 6.92. The van der Waals surface area contributed by atoms with Crippen LogP contribution >= 0.6 is 22.9 Å². The molecule has 2 rings (SSSR count). The monoisotopic (exact) mass is 308 g/mol. The molecule has 0 radical (unpaired) electrons. The minimum atomic E-state index is -0.579. The fraction of sp³-hybridized carbons (Fsp3) is 0.0714. The van der Waals surface area contributed by atoms with Gasteiger partial charge in [-0.15, -0.1) is 11.3 Å². The van der Waals surface area contributed by atoms with Crippen molar-refractivity contribution < 1.29 is 9.18 Å². The van der Waals surface area contributed by atoms with Gasteiger partial charge in [0, 0.05) is 11.1 Å². The van der Waals surface area contributed by atoms with Crippen LogP contribution in [0.5, 0.6) is 0 Å². The molecular formula is C14H10ClFN2OS. The van der Waals surface area contributed by atoms with Gasteiger partial charge in [0.25, 0.3) is 5.91 Å². The van der Waals surface area contributed by atoms with Crippen LogP contribution in [-0.4, -0.2) is 12.5 Å². The summed E-state index contributed by atoms with van der Waals surface area (Å²) < 4.78 is 13.3. The largest absolute Gasteiger partial charge is 0.322 e. The van der Waals surface area contributed by atoms with Crippen LogP contribution in [0.4, 0.5) is 10.1 Å². The number of halogens is 2. The molecule has 0 aliphatic carbocycles. The highest BCUT2D eigenvalue weighted by atomic mass is 35.5. The van der Waals surface area contributed by atoms with E-state index in [4.69, 9.17) is 17.3 Å². The summed E-state index contributed by atoms with van der Waals surface area (Å²) in [5.41, 5.74) is 6.09. The zero-order chi connectivity index (χ0) is 14.5. The van der Waals surface area contributed by atoms with Gasteiger partial charge in [-0.1, -0.05) is 23.4 Å². The molecule has 0 saturated carbocycles.